The highest BCUT2D eigenvalue weighted by molar-refractivity contribution is 7.22. The number of thiazole rings is 1. The number of nitrogens with zero attached hydrogens (tertiary/aromatic N) is 2. The number of nitriles is 1. The number of rotatable bonds is 0. The second-order valence-electron chi connectivity index (χ2n) is 2.84. The monoisotopic (exact) mass is 213 g/mol. The molecule has 0 bridgehead atoms. The van der Waals surface area contributed by atoms with E-state index in [1.54, 1.807) is 0 Å². The van der Waals surface area contributed by atoms with Crippen LogP contribution in [0.4, 0.5) is 5.13 Å². The minimum absolute atomic E-state index is 0.232. The van der Waals surface area contributed by atoms with Crippen molar-refractivity contribution in [1.82, 2.24) is 4.98 Å². The molecule has 0 atom stereocenters. The molecule has 1 heterocycles. The number of hydrogen-bond acceptors (Lipinski definition) is 4. The zero-order valence-electron chi connectivity index (χ0n) is 7.82. The highest BCUT2D eigenvalue weighted by Crippen LogP contribution is 2.25. The van der Waals surface area contributed by atoms with Crippen LogP contribution in [-0.4, -0.2) is 4.98 Å². The molecule has 1 aromatic heterocycles. The van der Waals surface area contributed by atoms with Crippen LogP contribution in [0.3, 0.4) is 0 Å². The van der Waals surface area contributed by atoms with E-state index in [-0.39, 0.29) is 6.42 Å². The van der Waals surface area contributed by atoms with Crippen LogP contribution < -0.4 is 5.73 Å². The molecule has 0 spiro atoms. The van der Waals surface area contributed by atoms with Gasteiger partial charge in [0.1, 0.15) is 0 Å². The zero-order valence-corrected chi connectivity index (χ0v) is 8.64. The first-order valence-electron chi connectivity index (χ1n) is 4.32. The van der Waals surface area contributed by atoms with Gasteiger partial charge in [0.25, 0.3) is 0 Å². The Hall–Kier alpha value is -2.04. The number of nitrogen functional groups attached to an aromatic ring is 1. The van der Waals surface area contributed by atoms with E-state index in [1.807, 2.05) is 24.3 Å². The second-order valence-corrected chi connectivity index (χ2v) is 3.90. The number of anilines is 1. The van der Waals surface area contributed by atoms with Crippen LogP contribution in [0.1, 0.15) is 12.0 Å². The Labute approximate surface area is 91.2 Å². The number of aromatic nitrogens is 1. The van der Waals surface area contributed by atoms with E-state index < -0.39 is 0 Å². The number of hydrogen-bond donors (Lipinski definition) is 1. The van der Waals surface area contributed by atoms with E-state index in [4.69, 9.17) is 11.0 Å². The highest BCUT2D eigenvalue weighted by Gasteiger charge is 2.03. The molecule has 0 radical (unpaired) electrons. The van der Waals surface area contributed by atoms with Crippen LogP contribution >= 0.6 is 11.3 Å². The molecule has 0 fully saturated rings. The molecule has 3 nitrogen and oxygen atoms in total. The molecular weight excluding hydrogens is 206 g/mol. The lowest BCUT2D eigenvalue weighted by Crippen LogP contribution is -1.81. The highest BCUT2D eigenvalue weighted by atomic mass is 32.1. The maximum Gasteiger partial charge on any atom is 0.181 e. The predicted molar refractivity (Wildman–Crippen MR) is 61.1 cm³/mol. The van der Waals surface area contributed by atoms with Crippen molar-refractivity contribution in [2.24, 2.45) is 0 Å². The third-order valence-corrected chi connectivity index (χ3v) is 2.68. The Morgan fingerprint density at radius 3 is 3.13 bits per heavy atom. The molecule has 0 aliphatic heterocycles. The topological polar surface area (TPSA) is 62.7 Å². The summed E-state index contributed by atoms with van der Waals surface area (Å²) in [7, 11) is 0. The lowest BCUT2D eigenvalue weighted by molar-refractivity contribution is 1.39. The van der Waals surface area contributed by atoms with E-state index >= 15 is 0 Å². The van der Waals surface area contributed by atoms with Crippen molar-refractivity contribution in [3.63, 3.8) is 0 Å². The molecule has 0 amide bonds. The number of fused-ring (bicyclic) bond motifs is 1. The van der Waals surface area contributed by atoms with Gasteiger partial charge in [-0.05, 0) is 12.1 Å². The Balaban J connectivity index is 2.53. The van der Waals surface area contributed by atoms with E-state index in [2.05, 4.69) is 16.8 Å². The van der Waals surface area contributed by atoms with Crippen LogP contribution in [0, 0.1) is 23.2 Å². The number of para-hydroxylation sites is 1. The standard InChI is InChI=1S/C11H7N3S/c12-7-2-1-4-8-5-3-6-9-10(8)14-11(13)15-9/h3,5-6H,2H2,(H2,13,14). The van der Waals surface area contributed by atoms with Gasteiger partial charge < -0.3 is 5.73 Å². The molecule has 0 aliphatic rings. The minimum atomic E-state index is 0.232. The summed E-state index contributed by atoms with van der Waals surface area (Å²) in [6.07, 6.45) is 0.232. The molecule has 0 saturated carbocycles. The summed E-state index contributed by atoms with van der Waals surface area (Å²) in [5.74, 6) is 5.68. The fourth-order valence-electron chi connectivity index (χ4n) is 1.25. The summed E-state index contributed by atoms with van der Waals surface area (Å²) in [4.78, 5) is 4.20. The van der Waals surface area contributed by atoms with Gasteiger partial charge in [-0.3, -0.25) is 0 Å². The first-order chi connectivity index (χ1) is 7.31. The van der Waals surface area contributed by atoms with E-state index in [9.17, 15) is 0 Å². The molecule has 1 aromatic carbocycles. The Morgan fingerprint density at radius 2 is 2.33 bits per heavy atom. The predicted octanol–water partition coefficient (Wildman–Crippen LogP) is 2.14. The molecule has 2 rings (SSSR count). The van der Waals surface area contributed by atoms with Gasteiger partial charge in [0.15, 0.2) is 5.13 Å². The van der Waals surface area contributed by atoms with E-state index in [0.717, 1.165) is 15.8 Å². The van der Waals surface area contributed by atoms with E-state index in [1.165, 1.54) is 11.3 Å². The third-order valence-electron chi connectivity index (χ3n) is 1.83. The maximum atomic E-state index is 8.38. The van der Waals surface area contributed by atoms with Crippen LogP contribution in [-0.2, 0) is 0 Å². The summed E-state index contributed by atoms with van der Waals surface area (Å²) >= 11 is 1.44. The van der Waals surface area contributed by atoms with Crippen molar-refractivity contribution < 1.29 is 0 Å². The van der Waals surface area contributed by atoms with Crippen molar-refractivity contribution >= 4 is 26.7 Å². The van der Waals surface area contributed by atoms with Gasteiger partial charge in [-0.2, -0.15) is 5.26 Å². The summed E-state index contributed by atoms with van der Waals surface area (Å²) < 4.78 is 1.02. The van der Waals surface area contributed by atoms with Gasteiger partial charge in [0, 0.05) is 0 Å². The van der Waals surface area contributed by atoms with Crippen LogP contribution in [0.5, 0.6) is 0 Å². The van der Waals surface area contributed by atoms with Gasteiger partial charge in [0.05, 0.1) is 28.3 Å². The molecular formula is C11H7N3S. The quantitative estimate of drug-likeness (QED) is 0.682. The molecule has 72 valence electrons. The molecule has 0 unspecified atom stereocenters. The number of benzene rings is 1. The summed E-state index contributed by atoms with van der Waals surface area (Å²) in [5, 5.41) is 8.92. The van der Waals surface area contributed by atoms with Crippen molar-refractivity contribution in [3.05, 3.63) is 23.8 Å². The summed E-state index contributed by atoms with van der Waals surface area (Å²) in [6, 6.07) is 7.73. The van der Waals surface area contributed by atoms with Crippen LogP contribution in [0.15, 0.2) is 18.2 Å². The number of nitrogens with two attached hydrogens (primary N) is 1. The van der Waals surface area contributed by atoms with Crippen molar-refractivity contribution in [2.75, 3.05) is 5.73 Å². The Kier molecular flexibility index (Phi) is 2.53. The van der Waals surface area contributed by atoms with Crippen molar-refractivity contribution in [3.8, 4) is 17.9 Å². The molecule has 15 heavy (non-hydrogen) atoms. The lowest BCUT2D eigenvalue weighted by Gasteiger charge is -1.90. The van der Waals surface area contributed by atoms with Crippen LogP contribution in [0.25, 0.3) is 10.2 Å². The molecule has 4 heteroatoms. The fourth-order valence-corrected chi connectivity index (χ4v) is 2.01. The summed E-state index contributed by atoms with van der Waals surface area (Å²) in [5.41, 5.74) is 7.27. The largest absolute Gasteiger partial charge is 0.375 e. The van der Waals surface area contributed by atoms with Crippen molar-refractivity contribution in [1.29, 1.82) is 5.26 Å². The van der Waals surface area contributed by atoms with Gasteiger partial charge in [-0.15, -0.1) is 0 Å². The molecule has 0 saturated heterocycles. The fraction of sp³-hybridized carbons (Fsp3) is 0.0909. The average Bonchev–Trinajstić information content (AvgIpc) is 2.59. The molecule has 2 aromatic rings. The second kappa shape index (κ2) is 4.00. The van der Waals surface area contributed by atoms with Gasteiger partial charge in [0.2, 0.25) is 0 Å². The van der Waals surface area contributed by atoms with Gasteiger partial charge in [-0.1, -0.05) is 29.2 Å². The molecule has 0 aliphatic carbocycles. The van der Waals surface area contributed by atoms with Gasteiger partial charge >= 0.3 is 0 Å². The lowest BCUT2D eigenvalue weighted by atomic mass is 10.2. The smallest absolute Gasteiger partial charge is 0.181 e. The van der Waals surface area contributed by atoms with Crippen molar-refractivity contribution in [2.45, 2.75) is 6.42 Å². The first-order valence-corrected chi connectivity index (χ1v) is 5.14. The molecule has 2 N–H and O–H groups in total. The van der Waals surface area contributed by atoms with Crippen LogP contribution in [0.2, 0.25) is 0 Å². The van der Waals surface area contributed by atoms with E-state index in [0.29, 0.717) is 5.13 Å². The zero-order chi connectivity index (χ0) is 10.7. The first kappa shape index (κ1) is 9.51. The summed E-state index contributed by atoms with van der Waals surface area (Å²) in [6.45, 7) is 0. The Morgan fingerprint density at radius 1 is 1.47 bits per heavy atom. The third kappa shape index (κ3) is 1.90. The Bertz CT molecular complexity index is 596. The normalized spacial score (nSPS) is 9.27. The maximum absolute atomic E-state index is 8.38. The van der Waals surface area contributed by atoms with Gasteiger partial charge in [-0.25, -0.2) is 4.98 Å². The average molecular weight is 213 g/mol. The SMILES string of the molecule is N#CCC#Cc1cccc2sc(N)nc12. The minimum Gasteiger partial charge on any atom is -0.375 e.